The number of likely N-dealkylation sites (N-methyl/N-ethyl adjacent to an activating group) is 1. The minimum absolute atomic E-state index is 0.158. The average Bonchev–Trinajstić information content (AvgIpc) is 2.64. The van der Waals surface area contributed by atoms with Gasteiger partial charge >= 0.3 is 0 Å². The Labute approximate surface area is 162 Å². The third-order valence-electron chi connectivity index (χ3n) is 4.27. The highest BCUT2D eigenvalue weighted by molar-refractivity contribution is 6.35. The molecule has 0 spiro atoms. The van der Waals surface area contributed by atoms with Crippen LogP contribution in [0.25, 0.3) is 0 Å². The van der Waals surface area contributed by atoms with E-state index in [-0.39, 0.29) is 11.9 Å². The number of nitrogens with zero attached hydrogens (tertiary/aromatic N) is 1. The number of hydrogen-bond acceptors (Lipinski definition) is 4. The van der Waals surface area contributed by atoms with Crippen molar-refractivity contribution in [3.63, 3.8) is 0 Å². The molecule has 5 nitrogen and oxygen atoms in total. The van der Waals surface area contributed by atoms with Crippen molar-refractivity contribution in [3.05, 3.63) is 52.0 Å². The molecular formula is C19H20Cl2N2O3. The van der Waals surface area contributed by atoms with Crippen molar-refractivity contribution in [3.8, 4) is 11.5 Å². The second-order valence-corrected chi connectivity index (χ2v) is 7.03. The summed E-state index contributed by atoms with van der Waals surface area (Å²) in [4.78, 5) is 14.5. The highest BCUT2D eigenvalue weighted by Crippen LogP contribution is 2.31. The van der Waals surface area contributed by atoms with Crippen LogP contribution in [0.3, 0.4) is 0 Å². The summed E-state index contributed by atoms with van der Waals surface area (Å²) in [5, 5.41) is 3.79. The number of benzene rings is 2. The van der Waals surface area contributed by atoms with Crippen LogP contribution in [0.15, 0.2) is 36.4 Å². The highest BCUT2D eigenvalue weighted by Gasteiger charge is 2.20. The Hall–Kier alpha value is -1.95. The molecule has 0 aliphatic carbocycles. The number of nitrogens with one attached hydrogen (secondary N) is 1. The van der Waals surface area contributed by atoms with Crippen LogP contribution in [0.4, 0.5) is 5.69 Å². The van der Waals surface area contributed by atoms with E-state index < -0.39 is 0 Å². The van der Waals surface area contributed by atoms with Crippen molar-refractivity contribution in [2.75, 3.05) is 25.6 Å². The van der Waals surface area contributed by atoms with Crippen molar-refractivity contribution >= 4 is 34.8 Å². The van der Waals surface area contributed by atoms with E-state index in [2.05, 4.69) is 5.32 Å². The van der Waals surface area contributed by atoms with Crippen LogP contribution in [-0.4, -0.2) is 37.1 Å². The molecule has 1 heterocycles. The van der Waals surface area contributed by atoms with Gasteiger partial charge in [0.25, 0.3) is 0 Å². The molecule has 3 rings (SSSR count). The maximum atomic E-state index is 12.5. The fraction of sp³-hybridized carbons (Fsp3) is 0.316. The van der Waals surface area contributed by atoms with Crippen molar-refractivity contribution in [1.82, 2.24) is 4.90 Å². The van der Waals surface area contributed by atoms with Crippen LogP contribution in [0.2, 0.25) is 10.0 Å². The van der Waals surface area contributed by atoms with Gasteiger partial charge in [0.1, 0.15) is 13.2 Å². The standard InChI is InChI=1S/C19H20Cl2N2O3/c1-12(19(24)22-16-10-14(20)4-5-15(16)21)23(2)11-13-3-6-17-18(9-13)26-8-7-25-17/h3-6,9-10,12H,7-8,11H2,1-2H3,(H,22,24). The van der Waals surface area contributed by atoms with Crippen molar-refractivity contribution < 1.29 is 14.3 Å². The van der Waals surface area contributed by atoms with Gasteiger partial charge in [-0.3, -0.25) is 9.69 Å². The summed E-state index contributed by atoms with van der Waals surface area (Å²) in [6.45, 7) is 3.54. The molecule has 1 N–H and O–H groups in total. The Morgan fingerprint density at radius 2 is 1.88 bits per heavy atom. The van der Waals surface area contributed by atoms with Crippen LogP contribution in [0.1, 0.15) is 12.5 Å². The molecule has 1 atom stereocenters. The van der Waals surface area contributed by atoms with E-state index in [9.17, 15) is 4.79 Å². The first kappa shape index (κ1) is 18.8. The number of amides is 1. The smallest absolute Gasteiger partial charge is 0.241 e. The molecule has 0 bridgehead atoms. The third kappa shape index (κ3) is 4.41. The van der Waals surface area contributed by atoms with Crippen LogP contribution in [0, 0.1) is 0 Å². The van der Waals surface area contributed by atoms with Gasteiger partial charge < -0.3 is 14.8 Å². The Morgan fingerprint density at radius 1 is 1.15 bits per heavy atom. The zero-order chi connectivity index (χ0) is 18.7. The summed E-state index contributed by atoms with van der Waals surface area (Å²) in [5.41, 5.74) is 1.54. The minimum Gasteiger partial charge on any atom is -0.486 e. The number of anilines is 1. The molecule has 26 heavy (non-hydrogen) atoms. The van der Waals surface area contributed by atoms with E-state index in [0.717, 1.165) is 17.1 Å². The molecule has 1 aliphatic rings. The number of halogens is 2. The summed E-state index contributed by atoms with van der Waals surface area (Å²) in [6, 6.07) is 10.4. The van der Waals surface area contributed by atoms with Crippen LogP contribution >= 0.6 is 23.2 Å². The summed E-state index contributed by atoms with van der Waals surface area (Å²) in [5.74, 6) is 1.34. The van der Waals surface area contributed by atoms with Gasteiger partial charge in [0.15, 0.2) is 11.5 Å². The maximum absolute atomic E-state index is 12.5. The number of ether oxygens (including phenoxy) is 2. The van der Waals surface area contributed by atoms with Crippen LogP contribution in [-0.2, 0) is 11.3 Å². The molecule has 1 unspecified atom stereocenters. The molecular weight excluding hydrogens is 375 g/mol. The molecule has 138 valence electrons. The normalized spacial score (nSPS) is 14.2. The molecule has 0 fully saturated rings. The molecule has 0 aromatic heterocycles. The van der Waals surface area contributed by atoms with Gasteiger partial charge in [0.05, 0.1) is 16.8 Å². The largest absolute Gasteiger partial charge is 0.486 e. The predicted molar refractivity (Wildman–Crippen MR) is 103 cm³/mol. The second-order valence-electron chi connectivity index (χ2n) is 6.18. The van der Waals surface area contributed by atoms with E-state index in [0.29, 0.717) is 35.5 Å². The number of carbonyl (C=O) groups excluding carboxylic acids is 1. The average molecular weight is 395 g/mol. The van der Waals surface area contributed by atoms with E-state index in [1.165, 1.54) is 0 Å². The molecule has 1 aliphatic heterocycles. The first-order chi connectivity index (χ1) is 12.4. The Kier molecular flexibility index (Phi) is 5.91. The van der Waals surface area contributed by atoms with Gasteiger partial charge in [-0.15, -0.1) is 0 Å². The van der Waals surface area contributed by atoms with Gasteiger partial charge in [-0.2, -0.15) is 0 Å². The molecule has 7 heteroatoms. The van der Waals surface area contributed by atoms with Gasteiger partial charge in [-0.1, -0.05) is 29.3 Å². The number of carbonyl (C=O) groups is 1. The summed E-state index contributed by atoms with van der Waals surface area (Å²) in [6.07, 6.45) is 0. The molecule has 2 aromatic rings. The second kappa shape index (κ2) is 8.16. The van der Waals surface area contributed by atoms with Crippen molar-refractivity contribution in [1.29, 1.82) is 0 Å². The van der Waals surface area contributed by atoms with E-state index >= 15 is 0 Å². The van der Waals surface area contributed by atoms with E-state index in [1.807, 2.05) is 37.1 Å². The summed E-state index contributed by atoms with van der Waals surface area (Å²) >= 11 is 12.1. The predicted octanol–water partition coefficient (Wildman–Crippen LogP) is 4.22. The fourth-order valence-electron chi connectivity index (χ4n) is 2.64. The zero-order valence-electron chi connectivity index (χ0n) is 14.6. The van der Waals surface area contributed by atoms with Crippen LogP contribution < -0.4 is 14.8 Å². The number of fused-ring (bicyclic) bond motifs is 1. The first-order valence-electron chi connectivity index (χ1n) is 8.28. The molecule has 2 aromatic carbocycles. The Morgan fingerprint density at radius 3 is 2.65 bits per heavy atom. The Balaban J connectivity index is 1.64. The van der Waals surface area contributed by atoms with Gasteiger partial charge in [0, 0.05) is 11.6 Å². The molecule has 1 amide bonds. The third-order valence-corrected chi connectivity index (χ3v) is 4.83. The van der Waals surface area contributed by atoms with Crippen molar-refractivity contribution in [2.24, 2.45) is 0 Å². The van der Waals surface area contributed by atoms with Gasteiger partial charge in [0.2, 0.25) is 5.91 Å². The lowest BCUT2D eigenvalue weighted by atomic mass is 10.1. The fourth-order valence-corrected chi connectivity index (χ4v) is 2.98. The van der Waals surface area contributed by atoms with Gasteiger partial charge in [-0.25, -0.2) is 0 Å². The summed E-state index contributed by atoms with van der Waals surface area (Å²) < 4.78 is 11.1. The zero-order valence-corrected chi connectivity index (χ0v) is 16.1. The summed E-state index contributed by atoms with van der Waals surface area (Å²) in [7, 11) is 1.89. The monoisotopic (exact) mass is 394 g/mol. The lowest BCUT2D eigenvalue weighted by Crippen LogP contribution is -2.39. The molecule has 0 saturated heterocycles. The minimum atomic E-state index is -0.363. The van der Waals surface area contributed by atoms with Crippen LogP contribution in [0.5, 0.6) is 11.5 Å². The van der Waals surface area contributed by atoms with Gasteiger partial charge in [-0.05, 0) is 49.9 Å². The molecule has 0 saturated carbocycles. The Bertz CT molecular complexity index is 813. The first-order valence-corrected chi connectivity index (χ1v) is 9.04. The van der Waals surface area contributed by atoms with E-state index in [1.54, 1.807) is 18.2 Å². The number of rotatable bonds is 5. The lowest BCUT2D eigenvalue weighted by molar-refractivity contribution is -0.120. The molecule has 0 radical (unpaired) electrons. The van der Waals surface area contributed by atoms with Crippen molar-refractivity contribution in [2.45, 2.75) is 19.5 Å². The maximum Gasteiger partial charge on any atom is 0.241 e. The quantitative estimate of drug-likeness (QED) is 0.824. The highest BCUT2D eigenvalue weighted by atomic mass is 35.5. The lowest BCUT2D eigenvalue weighted by Gasteiger charge is -2.25. The SMILES string of the molecule is CC(C(=O)Nc1cc(Cl)ccc1Cl)N(C)Cc1ccc2c(c1)OCCO2. The topological polar surface area (TPSA) is 50.8 Å². The van der Waals surface area contributed by atoms with E-state index in [4.69, 9.17) is 32.7 Å². The number of hydrogen-bond donors (Lipinski definition) is 1.